The number of benzene rings is 2. The molecule has 208 valence electrons. The number of aryl methyl sites for hydroxylation is 1. The van der Waals surface area contributed by atoms with E-state index in [1.54, 1.807) is 37.3 Å². The maximum atomic E-state index is 13.5. The van der Waals surface area contributed by atoms with E-state index in [4.69, 9.17) is 9.47 Å². The van der Waals surface area contributed by atoms with Gasteiger partial charge in [-0.25, -0.2) is 0 Å². The van der Waals surface area contributed by atoms with Crippen molar-refractivity contribution in [2.75, 3.05) is 40.4 Å². The van der Waals surface area contributed by atoms with E-state index < -0.39 is 18.1 Å². The molecule has 7 nitrogen and oxygen atoms in total. The van der Waals surface area contributed by atoms with Crippen LogP contribution in [0.2, 0.25) is 0 Å². The van der Waals surface area contributed by atoms with Crippen molar-refractivity contribution in [2.45, 2.75) is 65.1 Å². The minimum absolute atomic E-state index is 0.119. The van der Waals surface area contributed by atoms with E-state index in [0.717, 1.165) is 57.3 Å². The molecule has 2 N–H and O–H groups in total. The minimum atomic E-state index is -1.35. The van der Waals surface area contributed by atoms with E-state index >= 15 is 0 Å². The summed E-state index contributed by atoms with van der Waals surface area (Å²) in [5.74, 6) is 0.549. The summed E-state index contributed by atoms with van der Waals surface area (Å²) in [4.78, 5) is 17.8. The number of Topliss-reactive ketones (excluding diaryl/α,β-unsaturated/α-hetero) is 1. The molecule has 0 bridgehead atoms. The van der Waals surface area contributed by atoms with Crippen LogP contribution in [0.25, 0.3) is 5.76 Å². The molecule has 7 heteroatoms. The number of unbranched alkanes of at least 4 members (excludes halogenated alkanes) is 2. The Morgan fingerprint density at radius 1 is 0.947 bits per heavy atom. The number of carbonyl (C=O) groups is 1. The second-order valence-corrected chi connectivity index (χ2v) is 10.0. The van der Waals surface area contributed by atoms with Gasteiger partial charge in [0.05, 0.1) is 25.8 Å². The Kier molecular flexibility index (Phi) is 11.2. The largest absolute Gasteiger partial charge is 0.507 e. The van der Waals surface area contributed by atoms with Crippen LogP contribution >= 0.6 is 0 Å². The predicted molar refractivity (Wildman–Crippen MR) is 152 cm³/mol. The van der Waals surface area contributed by atoms with Gasteiger partial charge in [0.15, 0.2) is 6.23 Å². The number of likely N-dealkylation sites (tertiary alicyclic amines) is 1. The van der Waals surface area contributed by atoms with Crippen LogP contribution in [0.4, 0.5) is 0 Å². The number of ketones is 1. The van der Waals surface area contributed by atoms with Gasteiger partial charge in [-0.3, -0.25) is 9.69 Å². The molecule has 1 heterocycles. The van der Waals surface area contributed by atoms with Crippen LogP contribution in [0.3, 0.4) is 0 Å². The van der Waals surface area contributed by atoms with Gasteiger partial charge in [-0.1, -0.05) is 56.5 Å². The van der Waals surface area contributed by atoms with E-state index in [9.17, 15) is 15.0 Å². The second-order valence-electron chi connectivity index (χ2n) is 10.0. The zero-order valence-corrected chi connectivity index (χ0v) is 23.6. The van der Waals surface area contributed by atoms with Crippen molar-refractivity contribution in [1.29, 1.82) is 0 Å². The van der Waals surface area contributed by atoms with Gasteiger partial charge < -0.3 is 24.6 Å². The highest BCUT2D eigenvalue weighted by Crippen LogP contribution is 2.45. The molecule has 38 heavy (non-hydrogen) atoms. The molecule has 3 rings (SSSR count). The average Bonchev–Trinajstić information content (AvgIpc) is 3.18. The molecular weight excluding hydrogens is 480 g/mol. The molecule has 0 unspecified atom stereocenters. The third-order valence-electron chi connectivity index (χ3n) is 7.28. The first-order chi connectivity index (χ1) is 18.4. The van der Waals surface area contributed by atoms with Crippen molar-refractivity contribution in [3.05, 3.63) is 64.7 Å². The van der Waals surface area contributed by atoms with E-state index in [0.29, 0.717) is 29.2 Å². The summed E-state index contributed by atoms with van der Waals surface area (Å²) in [6.07, 6.45) is 4.02. The van der Waals surface area contributed by atoms with E-state index in [1.807, 2.05) is 31.2 Å². The summed E-state index contributed by atoms with van der Waals surface area (Å²) in [6, 6.07) is 12.1. The van der Waals surface area contributed by atoms with Gasteiger partial charge >= 0.3 is 0 Å². The highest BCUT2D eigenvalue weighted by atomic mass is 16.5. The van der Waals surface area contributed by atoms with Crippen molar-refractivity contribution >= 4 is 11.5 Å². The Balaban J connectivity index is 1.99. The molecule has 0 amide bonds. The number of aliphatic hydroxyl groups is 2. The van der Waals surface area contributed by atoms with E-state index in [-0.39, 0.29) is 11.3 Å². The summed E-state index contributed by atoms with van der Waals surface area (Å²) >= 11 is 0. The number of nitrogens with zero attached hydrogens (tertiary/aromatic N) is 2. The smallest absolute Gasteiger partial charge is 0.208 e. The van der Waals surface area contributed by atoms with Crippen LogP contribution in [-0.4, -0.2) is 72.4 Å². The van der Waals surface area contributed by atoms with Gasteiger partial charge in [-0.2, -0.15) is 0 Å². The SMILES string of the molecule is CCCCN(CCCC)CCCN1[C@H](O)C(=O)C(=C(O)c2ccc(C)cc2)[C@H]1c1ccc(OC)cc1OC. The molecule has 0 aliphatic carbocycles. The molecule has 1 aliphatic rings. The fourth-order valence-electron chi connectivity index (χ4n) is 5.05. The zero-order chi connectivity index (χ0) is 27.7. The Morgan fingerprint density at radius 3 is 2.16 bits per heavy atom. The molecule has 2 aromatic rings. The van der Waals surface area contributed by atoms with Crippen LogP contribution in [-0.2, 0) is 4.79 Å². The average molecular weight is 525 g/mol. The molecule has 1 fully saturated rings. The van der Waals surface area contributed by atoms with Gasteiger partial charge in [0.2, 0.25) is 5.78 Å². The molecular formula is C31H44N2O5. The lowest BCUT2D eigenvalue weighted by atomic mass is 9.94. The maximum absolute atomic E-state index is 13.5. The fourth-order valence-corrected chi connectivity index (χ4v) is 5.05. The summed E-state index contributed by atoms with van der Waals surface area (Å²) < 4.78 is 11.1. The molecule has 2 atom stereocenters. The Morgan fingerprint density at radius 2 is 1.58 bits per heavy atom. The summed E-state index contributed by atoms with van der Waals surface area (Å²) in [7, 11) is 3.15. The molecule has 0 aromatic heterocycles. The number of hydrogen-bond acceptors (Lipinski definition) is 7. The highest BCUT2D eigenvalue weighted by molar-refractivity contribution is 6.07. The topological polar surface area (TPSA) is 82.5 Å². The third kappa shape index (κ3) is 6.95. The number of rotatable bonds is 14. The standard InChI is InChI=1S/C31H44N2O5/c1-6-8-17-32(18-9-7-2)19-10-20-33-28(25-16-15-24(37-4)21-26(25)38-5)27(30(35)31(33)36)29(34)23-13-11-22(3)12-14-23/h11-16,21,28,31,34,36H,6-10,17-20H2,1-5H3/t28-,31-/m1/s1. The molecule has 0 spiro atoms. The Hall–Kier alpha value is -2.87. The van der Waals surface area contributed by atoms with Crippen LogP contribution in [0.15, 0.2) is 48.0 Å². The number of methoxy groups -OCH3 is 2. The lowest BCUT2D eigenvalue weighted by Crippen LogP contribution is -2.37. The number of hydrogen-bond donors (Lipinski definition) is 2. The molecule has 0 saturated carbocycles. The Bertz CT molecular complexity index is 1070. The van der Waals surface area contributed by atoms with Gasteiger partial charge in [0, 0.05) is 23.7 Å². The first-order valence-corrected chi connectivity index (χ1v) is 13.8. The summed E-state index contributed by atoms with van der Waals surface area (Å²) in [6.45, 7) is 9.84. The van der Waals surface area contributed by atoms with Crippen LogP contribution < -0.4 is 9.47 Å². The molecule has 1 aliphatic heterocycles. The van der Waals surface area contributed by atoms with Gasteiger partial charge in [-0.05, 0) is 58.0 Å². The molecule has 0 radical (unpaired) electrons. The summed E-state index contributed by atoms with van der Waals surface area (Å²) in [5.41, 5.74) is 2.46. The molecule has 2 aromatic carbocycles. The normalized spacial score (nSPS) is 19.3. The lowest BCUT2D eigenvalue weighted by Gasteiger charge is -2.29. The van der Waals surface area contributed by atoms with Crippen LogP contribution in [0.5, 0.6) is 11.5 Å². The van der Waals surface area contributed by atoms with Crippen molar-refractivity contribution in [1.82, 2.24) is 9.80 Å². The van der Waals surface area contributed by atoms with Crippen molar-refractivity contribution in [3.8, 4) is 11.5 Å². The Labute approximate surface area is 227 Å². The minimum Gasteiger partial charge on any atom is -0.507 e. The number of carbonyl (C=O) groups excluding carboxylic acids is 1. The van der Waals surface area contributed by atoms with Crippen LogP contribution in [0, 0.1) is 6.92 Å². The highest BCUT2D eigenvalue weighted by Gasteiger charge is 2.47. The first-order valence-electron chi connectivity index (χ1n) is 13.8. The number of ether oxygens (including phenoxy) is 2. The van der Waals surface area contributed by atoms with Crippen LogP contribution in [0.1, 0.15) is 68.7 Å². The zero-order valence-electron chi connectivity index (χ0n) is 23.6. The van der Waals surface area contributed by atoms with Crippen molar-refractivity contribution < 1.29 is 24.5 Å². The fraction of sp³-hybridized carbons (Fsp3) is 0.516. The second kappa shape index (κ2) is 14.3. The van der Waals surface area contributed by atoms with Crippen molar-refractivity contribution in [3.63, 3.8) is 0 Å². The van der Waals surface area contributed by atoms with Gasteiger partial charge in [-0.15, -0.1) is 0 Å². The molecule has 1 saturated heterocycles. The van der Waals surface area contributed by atoms with E-state index in [1.165, 1.54) is 0 Å². The number of aliphatic hydroxyl groups excluding tert-OH is 2. The predicted octanol–water partition coefficient (Wildman–Crippen LogP) is 5.52. The lowest BCUT2D eigenvalue weighted by molar-refractivity contribution is -0.127. The monoisotopic (exact) mass is 524 g/mol. The van der Waals surface area contributed by atoms with E-state index in [2.05, 4.69) is 18.7 Å². The van der Waals surface area contributed by atoms with Gasteiger partial charge in [0.1, 0.15) is 17.3 Å². The quantitative estimate of drug-likeness (QED) is 0.249. The van der Waals surface area contributed by atoms with Gasteiger partial charge in [0.25, 0.3) is 0 Å². The summed E-state index contributed by atoms with van der Waals surface area (Å²) in [5, 5.41) is 22.5. The third-order valence-corrected chi connectivity index (χ3v) is 7.28. The maximum Gasteiger partial charge on any atom is 0.208 e. The first kappa shape index (κ1) is 29.7. The van der Waals surface area contributed by atoms with Crippen molar-refractivity contribution in [2.24, 2.45) is 0 Å².